The van der Waals surface area contributed by atoms with E-state index in [4.69, 9.17) is 21.3 Å². The molecule has 3 aliphatic rings. The van der Waals surface area contributed by atoms with Crippen LogP contribution in [-0.4, -0.2) is 23.0 Å². The first-order valence-electron chi connectivity index (χ1n) is 10.9. The van der Waals surface area contributed by atoms with Crippen molar-refractivity contribution in [2.24, 2.45) is 10.4 Å². The zero-order chi connectivity index (χ0) is 22.9. The largest absolute Gasteiger partial charge is 0.497 e. The molecule has 3 aromatic rings. The van der Waals surface area contributed by atoms with Gasteiger partial charge in [-0.05, 0) is 53.9 Å². The minimum absolute atomic E-state index is 0.128. The molecule has 0 spiro atoms. The van der Waals surface area contributed by atoms with E-state index in [1.165, 1.54) is 0 Å². The second kappa shape index (κ2) is 7.34. The van der Waals surface area contributed by atoms with Crippen molar-refractivity contribution in [2.45, 2.75) is 37.6 Å². The maximum Gasteiger partial charge on any atom is 0.174 e. The molecule has 1 aliphatic carbocycles. The zero-order valence-electron chi connectivity index (χ0n) is 18.6. The van der Waals surface area contributed by atoms with E-state index in [0.717, 1.165) is 55.7 Å². The third-order valence-electron chi connectivity index (χ3n) is 6.49. The van der Waals surface area contributed by atoms with Gasteiger partial charge in [0.1, 0.15) is 10.9 Å². The van der Waals surface area contributed by atoms with Gasteiger partial charge in [0, 0.05) is 27.8 Å². The Hall–Kier alpha value is -2.83. The molecule has 6 rings (SSSR count). The smallest absolute Gasteiger partial charge is 0.174 e. The van der Waals surface area contributed by atoms with Crippen molar-refractivity contribution in [3.8, 4) is 5.75 Å². The summed E-state index contributed by atoms with van der Waals surface area (Å²) in [6, 6.07) is 15.6. The Morgan fingerprint density at radius 3 is 2.79 bits per heavy atom. The number of halogens is 1. The Morgan fingerprint density at radius 2 is 1.97 bits per heavy atom. The summed E-state index contributed by atoms with van der Waals surface area (Å²) in [5.41, 5.74) is 4.13. The monoisotopic (exact) mass is 475 g/mol. The van der Waals surface area contributed by atoms with Gasteiger partial charge in [-0.15, -0.1) is 0 Å². The van der Waals surface area contributed by atoms with Gasteiger partial charge in [-0.25, -0.2) is 9.98 Å². The Bertz CT molecular complexity index is 1410. The number of aliphatic imine (C=N–C) groups is 1. The lowest BCUT2D eigenvalue weighted by Crippen LogP contribution is -2.40. The summed E-state index contributed by atoms with van der Waals surface area (Å²) < 4.78 is 5.44. The fourth-order valence-electron chi connectivity index (χ4n) is 5.03. The number of carbonyl (C=O) groups is 1. The van der Waals surface area contributed by atoms with Crippen LogP contribution in [0, 0.1) is 5.41 Å². The molecule has 5 nitrogen and oxygen atoms in total. The van der Waals surface area contributed by atoms with Crippen LogP contribution >= 0.6 is 23.4 Å². The molecular weight excluding hydrogens is 454 g/mol. The van der Waals surface area contributed by atoms with E-state index in [2.05, 4.69) is 29.8 Å². The number of Topliss-reactive ketones (excluding diaryl/α,β-unsaturated/α-hetero) is 1. The highest BCUT2D eigenvalue weighted by Crippen LogP contribution is 2.54. The number of fused-ring (bicyclic) bond motifs is 4. The zero-order valence-corrected chi connectivity index (χ0v) is 20.1. The molecule has 166 valence electrons. The highest BCUT2D eigenvalue weighted by molar-refractivity contribution is 8.14. The van der Waals surface area contributed by atoms with E-state index in [9.17, 15) is 4.79 Å². The van der Waals surface area contributed by atoms with Crippen LogP contribution in [0.1, 0.15) is 38.3 Å². The van der Waals surface area contributed by atoms with Crippen molar-refractivity contribution < 1.29 is 9.53 Å². The van der Waals surface area contributed by atoms with Crippen molar-refractivity contribution in [3.63, 3.8) is 0 Å². The van der Waals surface area contributed by atoms with Crippen LogP contribution in [0.3, 0.4) is 0 Å². The van der Waals surface area contributed by atoms with Gasteiger partial charge in [0.05, 0.1) is 30.1 Å². The van der Waals surface area contributed by atoms with E-state index in [-0.39, 0.29) is 17.2 Å². The summed E-state index contributed by atoms with van der Waals surface area (Å²) in [6.45, 7) is 4.25. The molecule has 1 aromatic heterocycles. The van der Waals surface area contributed by atoms with Crippen molar-refractivity contribution >= 4 is 50.9 Å². The molecule has 0 fully saturated rings. The lowest BCUT2D eigenvalue weighted by Gasteiger charge is -2.40. The minimum Gasteiger partial charge on any atom is -0.497 e. The number of hydrogen-bond acceptors (Lipinski definition) is 6. The second-order valence-electron chi connectivity index (χ2n) is 9.47. The molecule has 7 heteroatoms. The van der Waals surface area contributed by atoms with Crippen LogP contribution in [-0.2, 0) is 4.79 Å². The van der Waals surface area contributed by atoms with Crippen LogP contribution in [0.2, 0.25) is 5.15 Å². The average Bonchev–Trinajstić information content (AvgIpc) is 3.13. The van der Waals surface area contributed by atoms with Gasteiger partial charge in [0.2, 0.25) is 0 Å². The van der Waals surface area contributed by atoms with Crippen LogP contribution < -0.4 is 9.64 Å². The number of rotatable bonds is 2. The van der Waals surface area contributed by atoms with Gasteiger partial charge in [0.25, 0.3) is 0 Å². The number of thioether (sulfide) groups is 1. The summed E-state index contributed by atoms with van der Waals surface area (Å²) in [7, 11) is 1.66. The number of allylic oxidation sites excluding steroid dienone is 1. The molecule has 2 aromatic carbocycles. The third kappa shape index (κ3) is 3.27. The SMILES string of the molecule is COc1ccc2c(c1)SC1=NC3=C(C(=O)CC(C)(C)C3)C(c3cc4ccccc4nc3Cl)N12. The number of aromatic nitrogens is 1. The average molecular weight is 476 g/mol. The summed E-state index contributed by atoms with van der Waals surface area (Å²) in [5, 5.41) is 2.27. The highest BCUT2D eigenvalue weighted by atomic mass is 35.5. The van der Waals surface area contributed by atoms with Crippen molar-refractivity contribution in [1.82, 2.24) is 4.98 Å². The van der Waals surface area contributed by atoms with Gasteiger partial charge in [-0.2, -0.15) is 0 Å². The lowest BCUT2D eigenvalue weighted by molar-refractivity contribution is -0.118. The molecule has 0 saturated carbocycles. The van der Waals surface area contributed by atoms with Crippen LogP contribution in [0.15, 0.2) is 69.7 Å². The van der Waals surface area contributed by atoms with Gasteiger partial charge < -0.3 is 9.64 Å². The Balaban J connectivity index is 1.60. The molecule has 0 saturated heterocycles. The Morgan fingerprint density at radius 1 is 1.15 bits per heavy atom. The molecule has 1 atom stereocenters. The molecule has 0 amide bonds. The lowest BCUT2D eigenvalue weighted by atomic mass is 9.73. The number of pyridine rings is 1. The van der Waals surface area contributed by atoms with E-state index >= 15 is 0 Å². The number of anilines is 1. The maximum atomic E-state index is 13.6. The van der Waals surface area contributed by atoms with E-state index < -0.39 is 0 Å². The summed E-state index contributed by atoms with van der Waals surface area (Å²) in [4.78, 5) is 26.4. The quantitative estimate of drug-likeness (QED) is 0.393. The number of amidine groups is 1. The maximum absolute atomic E-state index is 13.6. The molecule has 1 unspecified atom stereocenters. The Kier molecular flexibility index (Phi) is 4.61. The van der Waals surface area contributed by atoms with Crippen molar-refractivity contribution in [3.05, 3.63) is 70.5 Å². The molecule has 2 aliphatic heterocycles. The number of ketones is 1. The van der Waals surface area contributed by atoms with Crippen LogP contribution in [0.5, 0.6) is 5.75 Å². The van der Waals surface area contributed by atoms with E-state index in [1.807, 2.05) is 42.5 Å². The fraction of sp³-hybridized carbons (Fsp3) is 0.269. The van der Waals surface area contributed by atoms with Gasteiger partial charge in [-0.3, -0.25) is 4.79 Å². The summed E-state index contributed by atoms with van der Waals surface area (Å²) in [5.74, 6) is 0.920. The molecular formula is C26H22ClN3O2S. The number of benzene rings is 2. The number of ether oxygens (including phenoxy) is 1. The minimum atomic E-state index is -0.372. The normalized spacial score (nSPS) is 21.0. The summed E-state index contributed by atoms with van der Waals surface area (Å²) >= 11 is 8.40. The van der Waals surface area contributed by atoms with Gasteiger partial charge >= 0.3 is 0 Å². The third-order valence-corrected chi connectivity index (χ3v) is 7.81. The predicted octanol–water partition coefficient (Wildman–Crippen LogP) is 6.56. The number of hydrogen-bond donors (Lipinski definition) is 0. The molecule has 33 heavy (non-hydrogen) atoms. The van der Waals surface area contributed by atoms with Crippen LogP contribution in [0.25, 0.3) is 10.9 Å². The number of methoxy groups -OCH3 is 1. The second-order valence-corrected chi connectivity index (χ2v) is 10.8. The number of para-hydroxylation sites is 1. The van der Waals surface area contributed by atoms with Gasteiger partial charge in [0.15, 0.2) is 11.0 Å². The standard InChI is InChI=1S/C26H22ClN3O2S/c1-26(2)12-18-22(20(31)13-26)23(16-10-14-6-4-5-7-17(14)28-24(16)27)30-19-9-8-15(32-3)11-21(19)33-25(30)29-18/h4-11,23H,12-13H2,1-3H3. The Labute approximate surface area is 201 Å². The molecule has 0 radical (unpaired) electrons. The highest BCUT2D eigenvalue weighted by Gasteiger charge is 2.46. The topological polar surface area (TPSA) is 54.8 Å². The van der Waals surface area contributed by atoms with Crippen molar-refractivity contribution in [1.29, 1.82) is 0 Å². The first kappa shape index (κ1) is 20.8. The molecule has 0 bridgehead atoms. The first-order valence-corrected chi connectivity index (χ1v) is 12.1. The van der Waals surface area contributed by atoms with Crippen molar-refractivity contribution in [2.75, 3.05) is 12.0 Å². The van der Waals surface area contributed by atoms with Gasteiger partial charge in [-0.1, -0.05) is 43.6 Å². The number of nitrogens with zero attached hydrogens (tertiary/aromatic N) is 3. The van der Waals surface area contributed by atoms with Crippen LogP contribution in [0.4, 0.5) is 5.69 Å². The number of carbonyl (C=O) groups excluding carboxylic acids is 1. The fourth-order valence-corrected chi connectivity index (χ4v) is 6.38. The van der Waals surface area contributed by atoms with E-state index in [0.29, 0.717) is 11.6 Å². The van der Waals surface area contributed by atoms with E-state index in [1.54, 1.807) is 18.9 Å². The molecule has 0 N–H and O–H groups in total. The first-order chi connectivity index (χ1) is 15.8. The summed E-state index contributed by atoms with van der Waals surface area (Å²) in [6.07, 6.45) is 1.24. The molecule has 3 heterocycles. The predicted molar refractivity (Wildman–Crippen MR) is 133 cm³/mol.